The molecule has 1 amide bonds. The molecule has 1 heterocycles. The summed E-state index contributed by atoms with van der Waals surface area (Å²) in [4.78, 5) is 49.0. The normalized spacial score (nSPS) is 14.4. The largest absolute Gasteiger partial charge is 0.493 e. The van der Waals surface area contributed by atoms with E-state index in [2.05, 4.69) is 0 Å². The Morgan fingerprint density at radius 1 is 0.929 bits per heavy atom. The van der Waals surface area contributed by atoms with Crippen LogP contribution in [0.3, 0.4) is 0 Å². The molecule has 1 unspecified atom stereocenters. The SMILES string of the molecule is C/C=C/C1=CN(C(=O)c2cc(OC)c(OCCCOc3cc([N+](=O)[O-])c(C)cc3OC)cc2[N+](=O)[O-])C(C(=O)OC)C1. The summed E-state index contributed by atoms with van der Waals surface area (Å²) in [6.45, 7) is 3.49. The van der Waals surface area contributed by atoms with Gasteiger partial charge in [-0.05, 0) is 25.5 Å². The number of hydrogen-bond donors (Lipinski definition) is 0. The van der Waals surface area contributed by atoms with E-state index in [4.69, 9.17) is 23.7 Å². The molecule has 0 aliphatic carbocycles. The second-order valence-electron chi connectivity index (χ2n) is 9.03. The molecule has 0 fully saturated rings. The maximum Gasteiger partial charge on any atom is 0.329 e. The van der Waals surface area contributed by atoms with Gasteiger partial charge < -0.3 is 23.7 Å². The van der Waals surface area contributed by atoms with Crippen LogP contribution in [0.4, 0.5) is 11.4 Å². The van der Waals surface area contributed by atoms with Crippen molar-refractivity contribution in [2.75, 3.05) is 34.5 Å². The van der Waals surface area contributed by atoms with Crippen molar-refractivity contribution in [1.82, 2.24) is 4.90 Å². The first-order valence-corrected chi connectivity index (χ1v) is 12.7. The Morgan fingerprint density at radius 2 is 1.50 bits per heavy atom. The number of carbonyl (C=O) groups is 2. The number of ether oxygens (including phenoxy) is 5. The lowest BCUT2D eigenvalue weighted by Gasteiger charge is -2.22. The zero-order valence-electron chi connectivity index (χ0n) is 23.8. The smallest absolute Gasteiger partial charge is 0.329 e. The van der Waals surface area contributed by atoms with E-state index in [1.54, 1.807) is 26.0 Å². The molecule has 3 rings (SSSR count). The molecule has 1 aliphatic rings. The lowest BCUT2D eigenvalue weighted by atomic mass is 10.1. The highest BCUT2D eigenvalue weighted by Gasteiger charge is 2.38. The molecule has 14 nitrogen and oxygen atoms in total. The number of allylic oxidation sites excluding steroid dienone is 2. The number of aryl methyl sites for hydroxylation is 1. The fourth-order valence-electron chi connectivity index (χ4n) is 4.33. The predicted octanol–water partition coefficient (Wildman–Crippen LogP) is 4.52. The van der Waals surface area contributed by atoms with Crippen molar-refractivity contribution < 1.29 is 43.1 Å². The van der Waals surface area contributed by atoms with Crippen molar-refractivity contribution in [3.05, 3.63) is 79.5 Å². The number of nitrogens with zero attached hydrogens (tertiary/aromatic N) is 3. The van der Waals surface area contributed by atoms with Gasteiger partial charge in [0.05, 0.1) is 56.5 Å². The van der Waals surface area contributed by atoms with Gasteiger partial charge in [-0.25, -0.2) is 4.79 Å². The van der Waals surface area contributed by atoms with Crippen LogP contribution in [-0.4, -0.2) is 67.2 Å². The van der Waals surface area contributed by atoms with Crippen LogP contribution in [0.15, 0.2) is 48.2 Å². The maximum atomic E-state index is 13.5. The summed E-state index contributed by atoms with van der Waals surface area (Å²) in [7, 11) is 3.93. The number of nitro benzene ring substituents is 2. The molecule has 2 aromatic carbocycles. The first-order valence-electron chi connectivity index (χ1n) is 12.7. The molecule has 42 heavy (non-hydrogen) atoms. The third kappa shape index (κ3) is 6.95. The van der Waals surface area contributed by atoms with Gasteiger partial charge in [0.2, 0.25) is 0 Å². The second-order valence-corrected chi connectivity index (χ2v) is 9.03. The molecule has 0 spiro atoms. The molecule has 0 saturated heterocycles. The van der Waals surface area contributed by atoms with E-state index in [9.17, 15) is 29.8 Å². The fraction of sp³-hybridized carbons (Fsp3) is 0.357. The summed E-state index contributed by atoms with van der Waals surface area (Å²) < 4.78 is 26.8. The Balaban J connectivity index is 1.78. The zero-order chi connectivity index (χ0) is 31.0. The molecule has 0 N–H and O–H groups in total. The maximum absolute atomic E-state index is 13.5. The van der Waals surface area contributed by atoms with Crippen LogP contribution in [-0.2, 0) is 9.53 Å². The van der Waals surface area contributed by atoms with E-state index in [0.29, 0.717) is 16.9 Å². The highest BCUT2D eigenvalue weighted by atomic mass is 16.6. The standard InChI is InChI=1S/C28H31N3O11/c1-6-8-18-12-22(28(33)40-5)29(16-18)27(32)19-13-24(39-4)26(15-21(19)31(36)37)42-10-7-9-41-25-14-20(30(34)35)17(2)11-23(25)38-3/h6,8,11,13-16,22H,7,9-10,12H2,1-5H3/b8-6+. The van der Waals surface area contributed by atoms with Gasteiger partial charge in [-0.2, -0.15) is 0 Å². The van der Waals surface area contributed by atoms with E-state index >= 15 is 0 Å². The average molecular weight is 586 g/mol. The topological polar surface area (TPSA) is 170 Å². The number of nitro groups is 2. The summed E-state index contributed by atoms with van der Waals surface area (Å²) in [6.07, 6.45) is 5.42. The Morgan fingerprint density at radius 3 is 2.02 bits per heavy atom. The number of esters is 1. The minimum absolute atomic E-state index is 0.0143. The highest BCUT2D eigenvalue weighted by molar-refractivity contribution is 6.02. The van der Waals surface area contributed by atoms with Crippen molar-refractivity contribution in [2.24, 2.45) is 0 Å². The molecule has 1 aliphatic heterocycles. The third-order valence-corrected chi connectivity index (χ3v) is 6.35. The summed E-state index contributed by atoms with van der Waals surface area (Å²) in [5, 5.41) is 23.2. The molecule has 0 bridgehead atoms. The summed E-state index contributed by atoms with van der Waals surface area (Å²) in [6, 6.07) is 4.07. The van der Waals surface area contributed by atoms with E-state index in [1.807, 2.05) is 0 Å². The van der Waals surface area contributed by atoms with Crippen LogP contribution < -0.4 is 18.9 Å². The summed E-state index contributed by atoms with van der Waals surface area (Å²) in [5.74, 6) is -0.848. The number of hydrogen-bond acceptors (Lipinski definition) is 11. The van der Waals surface area contributed by atoms with Crippen LogP contribution >= 0.6 is 0 Å². The van der Waals surface area contributed by atoms with Crippen LogP contribution in [0, 0.1) is 27.2 Å². The Labute approximate surface area is 241 Å². The zero-order valence-corrected chi connectivity index (χ0v) is 23.8. The van der Waals surface area contributed by atoms with Gasteiger partial charge in [-0.1, -0.05) is 12.2 Å². The van der Waals surface area contributed by atoms with E-state index in [0.717, 1.165) is 11.0 Å². The van der Waals surface area contributed by atoms with Gasteiger partial charge in [-0.3, -0.25) is 29.9 Å². The predicted molar refractivity (Wildman–Crippen MR) is 149 cm³/mol. The Bertz CT molecular complexity index is 1430. The molecule has 2 aromatic rings. The van der Waals surface area contributed by atoms with Gasteiger partial charge in [-0.15, -0.1) is 0 Å². The number of benzene rings is 2. The minimum Gasteiger partial charge on any atom is -0.493 e. The number of carbonyl (C=O) groups excluding carboxylic acids is 2. The molecule has 0 saturated carbocycles. The van der Waals surface area contributed by atoms with Crippen molar-refractivity contribution >= 4 is 23.3 Å². The van der Waals surface area contributed by atoms with Gasteiger partial charge in [0.25, 0.3) is 17.3 Å². The van der Waals surface area contributed by atoms with E-state index in [1.165, 1.54) is 45.7 Å². The summed E-state index contributed by atoms with van der Waals surface area (Å²) in [5.41, 5.74) is 0.140. The lowest BCUT2D eigenvalue weighted by molar-refractivity contribution is -0.385. The molecular weight excluding hydrogens is 554 g/mol. The quantitative estimate of drug-likeness (QED) is 0.140. The van der Waals surface area contributed by atoms with Gasteiger partial charge in [0.1, 0.15) is 11.6 Å². The van der Waals surface area contributed by atoms with E-state index in [-0.39, 0.29) is 54.6 Å². The molecule has 0 radical (unpaired) electrons. The van der Waals surface area contributed by atoms with Crippen molar-refractivity contribution in [3.63, 3.8) is 0 Å². The molecule has 224 valence electrons. The van der Waals surface area contributed by atoms with E-state index < -0.39 is 33.5 Å². The van der Waals surface area contributed by atoms with Crippen LogP contribution in [0.1, 0.15) is 35.7 Å². The number of amides is 1. The molecule has 1 atom stereocenters. The Hall–Kier alpha value is -5.14. The third-order valence-electron chi connectivity index (χ3n) is 6.35. The molecule has 14 heteroatoms. The highest BCUT2D eigenvalue weighted by Crippen LogP contribution is 2.37. The number of rotatable bonds is 13. The molecule has 0 aromatic heterocycles. The van der Waals surface area contributed by atoms with Crippen LogP contribution in [0.2, 0.25) is 0 Å². The first-order chi connectivity index (χ1) is 20.1. The fourth-order valence-corrected chi connectivity index (χ4v) is 4.33. The lowest BCUT2D eigenvalue weighted by Crippen LogP contribution is -2.39. The van der Waals surface area contributed by atoms with Crippen LogP contribution in [0.5, 0.6) is 23.0 Å². The number of methoxy groups -OCH3 is 3. The molecular formula is C28H31N3O11. The van der Waals surface area contributed by atoms with Crippen molar-refractivity contribution in [1.29, 1.82) is 0 Å². The van der Waals surface area contributed by atoms with Gasteiger partial charge in [0, 0.05) is 30.7 Å². The van der Waals surface area contributed by atoms with Crippen LogP contribution in [0.25, 0.3) is 0 Å². The minimum atomic E-state index is -0.983. The Kier molecular flexibility index (Phi) is 10.4. The first kappa shape index (κ1) is 31.4. The monoisotopic (exact) mass is 585 g/mol. The van der Waals surface area contributed by atoms with Crippen molar-refractivity contribution in [2.45, 2.75) is 32.7 Å². The average Bonchev–Trinajstić information content (AvgIpc) is 3.40. The van der Waals surface area contributed by atoms with Crippen molar-refractivity contribution in [3.8, 4) is 23.0 Å². The van der Waals surface area contributed by atoms with Gasteiger partial charge >= 0.3 is 5.97 Å². The summed E-state index contributed by atoms with van der Waals surface area (Å²) >= 11 is 0. The second kappa shape index (κ2) is 14.0. The van der Waals surface area contributed by atoms with Gasteiger partial charge in [0.15, 0.2) is 23.0 Å².